The first-order valence-electron chi connectivity index (χ1n) is 4.62. The summed E-state index contributed by atoms with van der Waals surface area (Å²) in [4.78, 5) is 15.6. The summed E-state index contributed by atoms with van der Waals surface area (Å²) in [5.41, 5.74) is 6.95. The maximum Gasteiger partial charge on any atom is 0.342 e. The van der Waals surface area contributed by atoms with Crippen LogP contribution in [0.25, 0.3) is 5.52 Å². The van der Waals surface area contributed by atoms with Crippen LogP contribution in [0, 0.1) is 13.8 Å². The Bertz CT molecular complexity index is 575. The van der Waals surface area contributed by atoms with Crippen molar-refractivity contribution in [3.63, 3.8) is 0 Å². The van der Waals surface area contributed by atoms with Gasteiger partial charge in [-0.3, -0.25) is 0 Å². The maximum atomic E-state index is 11.6. The fourth-order valence-corrected chi connectivity index (χ4v) is 1.55. The molecule has 2 N–H and O–H groups in total. The van der Waals surface area contributed by atoms with E-state index in [0.717, 1.165) is 0 Å². The van der Waals surface area contributed by atoms with E-state index in [1.54, 1.807) is 13.8 Å². The summed E-state index contributed by atoms with van der Waals surface area (Å²) in [6.07, 6.45) is 0. The van der Waals surface area contributed by atoms with Crippen LogP contribution in [0.2, 0.25) is 0 Å². The molecule has 16 heavy (non-hydrogen) atoms. The van der Waals surface area contributed by atoms with Crippen molar-refractivity contribution in [3.05, 3.63) is 17.1 Å². The van der Waals surface area contributed by atoms with Crippen LogP contribution < -0.4 is 5.73 Å². The van der Waals surface area contributed by atoms with Gasteiger partial charge in [0.2, 0.25) is 0 Å². The molecule has 0 aliphatic carbocycles. The number of nitrogens with zero attached hydrogens (tertiary/aromatic N) is 4. The second kappa shape index (κ2) is 3.44. The van der Waals surface area contributed by atoms with Gasteiger partial charge in [-0.05, 0) is 13.8 Å². The average molecular weight is 221 g/mol. The third kappa shape index (κ3) is 1.37. The number of esters is 1. The summed E-state index contributed by atoms with van der Waals surface area (Å²) in [6, 6.07) is 0. The van der Waals surface area contributed by atoms with Gasteiger partial charge in [0.1, 0.15) is 16.9 Å². The molecule has 2 heterocycles. The van der Waals surface area contributed by atoms with E-state index >= 15 is 0 Å². The largest absolute Gasteiger partial charge is 0.465 e. The first kappa shape index (κ1) is 10.3. The van der Waals surface area contributed by atoms with E-state index in [4.69, 9.17) is 5.73 Å². The molecule has 0 unspecified atom stereocenters. The average Bonchev–Trinajstić information content (AvgIpc) is 2.53. The summed E-state index contributed by atoms with van der Waals surface area (Å²) in [6.45, 7) is 3.39. The minimum absolute atomic E-state index is 0.216. The number of aromatic nitrogens is 4. The van der Waals surface area contributed by atoms with Gasteiger partial charge in [0.15, 0.2) is 5.82 Å². The van der Waals surface area contributed by atoms with Crippen molar-refractivity contribution in [1.82, 2.24) is 19.8 Å². The molecular weight excluding hydrogens is 210 g/mol. The van der Waals surface area contributed by atoms with Gasteiger partial charge in [0, 0.05) is 0 Å². The normalized spacial score (nSPS) is 10.7. The Morgan fingerprint density at radius 3 is 2.69 bits per heavy atom. The molecule has 0 aliphatic rings. The second-order valence-corrected chi connectivity index (χ2v) is 3.33. The number of methoxy groups -OCH3 is 1. The van der Waals surface area contributed by atoms with Crippen LogP contribution in [0.4, 0.5) is 5.82 Å². The van der Waals surface area contributed by atoms with Crippen LogP contribution in [-0.2, 0) is 4.74 Å². The molecule has 0 spiro atoms. The molecule has 2 aromatic heterocycles. The van der Waals surface area contributed by atoms with E-state index < -0.39 is 5.97 Å². The lowest BCUT2D eigenvalue weighted by molar-refractivity contribution is 0.0602. The molecular formula is C9H11N5O2. The van der Waals surface area contributed by atoms with Gasteiger partial charge >= 0.3 is 5.97 Å². The third-order valence-electron chi connectivity index (χ3n) is 2.20. The molecule has 0 aliphatic heterocycles. The highest BCUT2D eigenvalue weighted by Crippen LogP contribution is 2.19. The number of anilines is 1. The first-order valence-corrected chi connectivity index (χ1v) is 4.62. The maximum absolute atomic E-state index is 11.6. The van der Waals surface area contributed by atoms with Crippen LogP contribution in [-0.4, -0.2) is 32.9 Å². The smallest absolute Gasteiger partial charge is 0.342 e. The van der Waals surface area contributed by atoms with Crippen LogP contribution >= 0.6 is 0 Å². The molecule has 0 amide bonds. The van der Waals surface area contributed by atoms with Crippen LogP contribution in [0.15, 0.2) is 0 Å². The summed E-state index contributed by atoms with van der Waals surface area (Å²) < 4.78 is 5.97. The molecule has 84 valence electrons. The van der Waals surface area contributed by atoms with Crippen molar-refractivity contribution in [1.29, 1.82) is 0 Å². The van der Waals surface area contributed by atoms with Crippen molar-refractivity contribution < 1.29 is 9.53 Å². The Hall–Kier alpha value is -2.18. The molecule has 0 radical (unpaired) electrons. The Morgan fingerprint density at radius 1 is 1.38 bits per heavy atom. The fraction of sp³-hybridized carbons (Fsp3) is 0.333. The molecule has 0 fully saturated rings. The van der Waals surface area contributed by atoms with Crippen molar-refractivity contribution >= 4 is 17.3 Å². The van der Waals surface area contributed by atoms with Crippen molar-refractivity contribution in [2.24, 2.45) is 0 Å². The number of rotatable bonds is 1. The lowest BCUT2D eigenvalue weighted by atomic mass is 10.2. The minimum atomic E-state index is -0.494. The second-order valence-electron chi connectivity index (χ2n) is 3.33. The van der Waals surface area contributed by atoms with E-state index in [1.165, 1.54) is 11.7 Å². The van der Waals surface area contributed by atoms with Crippen molar-refractivity contribution in [3.8, 4) is 0 Å². The zero-order valence-electron chi connectivity index (χ0n) is 9.18. The number of nitrogen functional groups attached to an aromatic ring is 1. The van der Waals surface area contributed by atoms with Crippen LogP contribution in [0.3, 0.4) is 0 Å². The van der Waals surface area contributed by atoms with E-state index in [2.05, 4.69) is 19.9 Å². The summed E-state index contributed by atoms with van der Waals surface area (Å²) >= 11 is 0. The topological polar surface area (TPSA) is 95.4 Å². The minimum Gasteiger partial charge on any atom is -0.465 e. The molecule has 0 saturated carbocycles. The number of carbonyl (C=O) groups excluding carboxylic acids is 1. The predicted octanol–water partition coefficient (Wildman–Crippen LogP) is 0.110. The molecule has 0 atom stereocenters. The van der Waals surface area contributed by atoms with Gasteiger partial charge in [0.05, 0.1) is 12.8 Å². The summed E-state index contributed by atoms with van der Waals surface area (Å²) in [5.74, 6) is 0.212. The highest BCUT2D eigenvalue weighted by atomic mass is 16.5. The van der Waals surface area contributed by atoms with E-state index in [9.17, 15) is 4.79 Å². The zero-order chi connectivity index (χ0) is 11.9. The number of hydrogen-bond acceptors (Lipinski definition) is 6. The lowest BCUT2D eigenvalue weighted by Gasteiger charge is -2.00. The molecule has 7 nitrogen and oxygen atoms in total. The molecule has 2 rings (SSSR count). The van der Waals surface area contributed by atoms with Crippen molar-refractivity contribution in [2.45, 2.75) is 13.8 Å². The first-order chi connectivity index (χ1) is 7.54. The van der Waals surface area contributed by atoms with Gasteiger partial charge in [0.25, 0.3) is 0 Å². The summed E-state index contributed by atoms with van der Waals surface area (Å²) in [5, 5.41) is 8.13. The van der Waals surface area contributed by atoms with Gasteiger partial charge in [-0.25, -0.2) is 9.78 Å². The Kier molecular flexibility index (Phi) is 2.22. The molecule has 0 saturated heterocycles. The Balaban J connectivity index is 2.84. The van der Waals surface area contributed by atoms with Crippen LogP contribution in [0.5, 0.6) is 0 Å². The molecule has 2 aromatic rings. The van der Waals surface area contributed by atoms with Gasteiger partial charge < -0.3 is 10.5 Å². The number of carbonyl (C=O) groups is 1. The Labute approximate surface area is 91.2 Å². The number of nitrogens with two attached hydrogens (primary N) is 1. The standard InChI is InChI=1S/C9H11N5O2/c1-4-6(9(15)16-3)7-8(10)11-5(2)13-14(7)12-4/h1-3H3,(H2,10,11,13). The third-order valence-corrected chi connectivity index (χ3v) is 2.20. The van der Waals surface area contributed by atoms with Crippen LogP contribution in [0.1, 0.15) is 21.9 Å². The molecule has 7 heteroatoms. The molecule has 0 bridgehead atoms. The summed E-state index contributed by atoms with van der Waals surface area (Å²) in [7, 11) is 1.30. The van der Waals surface area contributed by atoms with E-state index in [-0.39, 0.29) is 5.82 Å². The SMILES string of the molecule is COC(=O)c1c(C)nn2nc(C)nc(N)c12. The van der Waals surface area contributed by atoms with E-state index in [0.29, 0.717) is 22.6 Å². The molecule has 0 aromatic carbocycles. The quantitative estimate of drug-likeness (QED) is 0.686. The zero-order valence-corrected chi connectivity index (χ0v) is 9.18. The van der Waals surface area contributed by atoms with Gasteiger partial charge in [-0.2, -0.15) is 5.10 Å². The predicted molar refractivity (Wildman–Crippen MR) is 56.0 cm³/mol. The fourth-order valence-electron chi connectivity index (χ4n) is 1.55. The number of hydrogen-bond donors (Lipinski definition) is 1. The van der Waals surface area contributed by atoms with Crippen molar-refractivity contribution in [2.75, 3.05) is 12.8 Å². The monoisotopic (exact) mass is 221 g/mol. The van der Waals surface area contributed by atoms with Gasteiger partial charge in [-0.15, -0.1) is 9.73 Å². The van der Waals surface area contributed by atoms with E-state index in [1.807, 2.05) is 0 Å². The number of aryl methyl sites for hydroxylation is 2. The Morgan fingerprint density at radius 2 is 2.06 bits per heavy atom. The highest BCUT2D eigenvalue weighted by molar-refractivity contribution is 6.00. The van der Waals surface area contributed by atoms with Gasteiger partial charge in [-0.1, -0.05) is 0 Å². The number of fused-ring (bicyclic) bond motifs is 1. The lowest BCUT2D eigenvalue weighted by Crippen LogP contribution is -2.07. The highest BCUT2D eigenvalue weighted by Gasteiger charge is 2.21. The number of ether oxygens (including phenoxy) is 1.